The van der Waals surface area contributed by atoms with E-state index in [2.05, 4.69) is 34.5 Å². The highest BCUT2D eigenvalue weighted by Gasteiger charge is 2.13. The quantitative estimate of drug-likeness (QED) is 0.483. The molecule has 32 heavy (non-hydrogen) atoms. The normalized spacial score (nSPS) is 13.7. The lowest BCUT2D eigenvalue weighted by Gasteiger charge is -2.29. The molecule has 0 unspecified atom stereocenters. The van der Waals surface area contributed by atoms with Gasteiger partial charge < -0.3 is 24.4 Å². The Morgan fingerprint density at radius 2 is 1.72 bits per heavy atom. The average molecular weight is 457 g/mol. The fraction of sp³-hybridized carbons (Fsp3) is 0.280. The summed E-state index contributed by atoms with van der Waals surface area (Å²) in [7, 11) is 1.59. The highest BCUT2D eigenvalue weighted by Crippen LogP contribution is 2.34. The van der Waals surface area contributed by atoms with Gasteiger partial charge in [-0.3, -0.25) is 0 Å². The van der Waals surface area contributed by atoms with Crippen molar-refractivity contribution in [3.63, 3.8) is 0 Å². The molecule has 5 nitrogen and oxygen atoms in total. The lowest BCUT2D eigenvalue weighted by Crippen LogP contribution is -2.36. The number of nitrogens with one attached hydrogen (secondary N) is 1. The number of halogens is 2. The monoisotopic (exact) mass is 456 g/mol. The fourth-order valence-electron chi connectivity index (χ4n) is 3.54. The maximum atomic E-state index is 13.1. The van der Waals surface area contributed by atoms with Crippen LogP contribution in [0.5, 0.6) is 11.5 Å². The first-order valence-electron chi connectivity index (χ1n) is 10.5. The van der Waals surface area contributed by atoms with Crippen molar-refractivity contribution in [2.75, 3.05) is 43.6 Å². The summed E-state index contributed by atoms with van der Waals surface area (Å²) in [4.78, 5) is 2.32. The number of morpholine rings is 1. The molecular weight excluding hydrogens is 431 g/mol. The molecule has 1 fully saturated rings. The lowest BCUT2D eigenvalue weighted by atomic mass is 10.1. The lowest BCUT2D eigenvalue weighted by molar-refractivity contribution is 0.122. The van der Waals surface area contributed by atoms with Gasteiger partial charge in [0.15, 0.2) is 11.5 Å². The van der Waals surface area contributed by atoms with E-state index >= 15 is 0 Å². The zero-order valence-corrected chi connectivity index (χ0v) is 18.7. The molecule has 7 heteroatoms. The summed E-state index contributed by atoms with van der Waals surface area (Å²) in [5.74, 6) is 0.860. The molecule has 3 aromatic rings. The molecule has 1 heterocycles. The highest BCUT2D eigenvalue weighted by atomic mass is 35.5. The number of methoxy groups -OCH3 is 1. The smallest absolute Gasteiger partial charge is 0.163 e. The summed E-state index contributed by atoms with van der Waals surface area (Å²) >= 11 is 6.51. The molecule has 4 rings (SSSR count). The van der Waals surface area contributed by atoms with Gasteiger partial charge in [-0.25, -0.2) is 4.39 Å². The molecule has 0 aromatic heterocycles. The van der Waals surface area contributed by atoms with Gasteiger partial charge in [0.25, 0.3) is 0 Å². The largest absolute Gasteiger partial charge is 0.493 e. The molecule has 1 aliphatic heterocycles. The van der Waals surface area contributed by atoms with Crippen LogP contribution in [-0.2, 0) is 17.9 Å². The third-order valence-electron chi connectivity index (χ3n) is 5.37. The Bertz CT molecular complexity index is 1020. The first-order chi connectivity index (χ1) is 15.6. The maximum Gasteiger partial charge on any atom is 0.163 e. The van der Waals surface area contributed by atoms with Gasteiger partial charge in [-0.1, -0.05) is 23.7 Å². The Hall–Kier alpha value is -2.96. The van der Waals surface area contributed by atoms with Crippen molar-refractivity contribution in [2.45, 2.75) is 13.2 Å². The standard InChI is InChI=1S/C25H26ClFN2O3/c1-30-24-14-19(23(26)15-25(24)32-17-18-2-4-20(27)5-3-18)16-28-21-6-8-22(9-7-21)29-10-12-31-13-11-29/h2-9,14-15,28H,10-13,16-17H2,1H3. The zero-order valence-electron chi connectivity index (χ0n) is 17.9. The minimum Gasteiger partial charge on any atom is -0.493 e. The van der Waals surface area contributed by atoms with Gasteiger partial charge in [0.05, 0.1) is 20.3 Å². The third-order valence-corrected chi connectivity index (χ3v) is 5.72. The molecule has 0 aliphatic carbocycles. The van der Waals surface area contributed by atoms with Crippen molar-refractivity contribution in [3.05, 3.63) is 82.6 Å². The van der Waals surface area contributed by atoms with Gasteiger partial charge in [0, 0.05) is 42.1 Å². The fourth-order valence-corrected chi connectivity index (χ4v) is 3.76. The van der Waals surface area contributed by atoms with Gasteiger partial charge in [-0.2, -0.15) is 0 Å². The van der Waals surface area contributed by atoms with Gasteiger partial charge >= 0.3 is 0 Å². The molecule has 0 spiro atoms. The topological polar surface area (TPSA) is 43.0 Å². The second-order valence-electron chi connectivity index (χ2n) is 7.51. The molecule has 0 radical (unpaired) electrons. The third kappa shape index (κ3) is 5.64. The minimum atomic E-state index is -0.276. The van der Waals surface area contributed by atoms with Crippen LogP contribution in [0.15, 0.2) is 60.7 Å². The van der Waals surface area contributed by atoms with Crippen LogP contribution in [0, 0.1) is 5.82 Å². The van der Waals surface area contributed by atoms with Crippen LogP contribution >= 0.6 is 11.6 Å². The van der Waals surface area contributed by atoms with Crippen LogP contribution in [0.25, 0.3) is 0 Å². The van der Waals surface area contributed by atoms with Crippen LogP contribution in [0.1, 0.15) is 11.1 Å². The van der Waals surface area contributed by atoms with Crippen molar-refractivity contribution in [2.24, 2.45) is 0 Å². The minimum absolute atomic E-state index is 0.276. The second kappa shape index (κ2) is 10.6. The Morgan fingerprint density at radius 3 is 2.41 bits per heavy atom. The van der Waals surface area contributed by atoms with E-state index in [0.717, 1.165) is 43.1 Å². The number of benzene rings is 3. The molecule has 0 amide bonds. The summed E-state index contributed by atoms with van der Waals surface area (Å²) < 4.78 is 29.8. The number of rotatable bonds is 8. The van der Waals surface area contributed by atoms with E-state index in [9.17, 15) is 4.39 Å². The molecule has 1 saturated heterocycles. The summed E-state index contributed by atoms with van der Waals surface area (Å²) in [5, 5.41) is 3.99. The first kappa shape index (κ1) is 22.2. The van der Waals surface area contributed by atoms with Crippen LogP contribution in [0.4, 0.5) is 15.8 Å². The summed E-state index contributed by atoms with van der Waals surface area (Å²) in [6, 6.07) is 18.2. The molecule has 168 valence electrons. The van der Waals surface area contributed by atoms with E-state index in [1.165, 1.54) is 17.8 Å². The highest BCUT2D eigenvalue weighted by molar-refractivity contribution is 6.31. The Kier molecular flexibility index (Phi) is 7.35. The van der Waals surface area contributed by atoms with Gasteiger partial charge in [0.2, 0.25) is 0 Å². The molecule has 1 aliphatic rings. The zero-order chi connectivity index (χ0) is 22.3. The molecule has 0 bridgehead atoms. The van der Waals surface area contributed by atoms with Crippen LogP contribution in [-0.4, -0.2) is 33.4 Å². The SMILES string of the molecule is COc1cc(CNc2ccc(N3CCOCC3)cc2)c(Cl)cc1OCc1ccc(F)cc1. The predicted octanol–water partition coefficient (Wildman–Crippen LogP) is 5.52. The van der Waals surface area contributed by atoms with Crippen molar-refractivity contribution in [1.82, 2.24) is 0 Å². The first-order valence-corrected chi connectivity index (χ1v) is 10.9. The number of ether oxygens (including phenoxy) is 3. The van der Waals surface area contributed by atoms with E-state index < -0.39 is 0 Å². The predicted molar refractivity (Wildman–Crippen MR) is 126 cm³/mol. The number of nitrogens with zero attached hydrogens (tertiary/aromatic N) is 1. The van der Waals surface area contributed by atoms with Crippen molar-refractivity contribution >= 4 is 23.0 Å². The van der Waals surface area contributed by atoms with Crippen molar-refractivity contribution < 1.29 is 18.6 Å². The van der Waals surface area contributed by atoms with Gasteiger partial charge in [-0.05, 0) is 53.6 Å². The molecule has 3 aromatic carbocycles. The number of anilines is 2. The van der Waals surface area contributed by atoms with Crippen molar-refractivity contribution in [1.29, 1.82) is 0 Å². The van der Waals surface area contributed by atoms with E-state index in [0.29, 0.717) is 29.7 Å². The van der Waals surface area contributed by atoms with Gasteiger partial charge in [0.1, 0.15) is 12.4 Å². The molecule has 0 saturated carbocycles. The van der Waals surface area contributed by atoms with E-state index in [1.807, 2.05) is 6.07 Å². The van der Waals surface area contributed by atoms with Crippen molar-refractivity contribution in [3.8, 4) is 11.5 Å². The number of hydrogen-bond donors (Lipinski definition) is 1. The van der Waals surface area contributed by atoms with Gasteiger partial charge in [-0.15, -0.1) is 0 Å². The molecular formula is C25H26ClFN2O3. The van der Waals surface area contributed by atoms with E-state index in [1.54, 1.807) is 25.3 Å². The Labute approximate surface area is 192 Å². The average Bonchev–Trinajstić information content (AvgIpc) is 2.84. The molecule has 0 atom stereocenters. The summed E-state index contributed by atoms with van der Waals surface area (Å²) in [6.45, 7) is 4.20. The molecule has 1 N–H and O–H groups in total. The van der Waals surface area contributed by atoms with E-state index in [-0.39, 0.29) is 5.82 Å². The van der Waals surface area contributed by atoms with Crippen LogP contribution in [0.2, 0.25) is 5.02 Å². The van der Waals surface area contributed by atoms with Crippen LogP contribution in [0.3, 0.4) is 0 Å². The van der Waals surface area contributed by atoms with Crippen LogP contribution < -0.4 is 19.7 Å². The summed E-state index contributed by atoms with van der Waals surface area (Å²) in [5.41, 5.74) is 3.96. The van der Waals surface area contributed by atoms with E-state index in [4.69, 9.17) is 25.8 Å². The summed E-state index contributed by atoms with van der Waals surface area (Å²) in [6.07, 6.45) is 0. The maximum absolute atomic E-state index is 13.1. The number of hydrogen-bond acceptors (Lipinski definition) is 5. The Morgan fingerprint density at radius 1 is 1.00 bits per heavy atom. The second-order valence-corrected chi connectivity index (χ2v) is 7.92. The Balaban J connectivity index is 1.38.